The molecule has 2 unspecified atom stereocenters. The Balaban J connectivity index is 1.61. The molecule has 5 rings (SSSR count). The number of esters is 1. The fraction of sp³-hybridized carbons (Fsp3) is 0.258. The molecule has 0 radical (unpaired) electrons. The van der Waals surface area contributed by atoms with Crippen molar-refractivity contribution >= 4 is 34.7 Å². The summed E-state index contributed by atoms with van der Waals surface area (Å²) in [4.78, 5) is 18.9. The Hall–Kier alpha value is -3.24. The Labute approximate surface area is 211 Å². The number of rotatable bonds is 4. The summed E-state index contributed by atoms with van der Waals surface area (Å²) < 4.78 is 5.25. The lowest BCUT2D eigenvalue weighted by Gasteiger charge is -2.31. The van der Waals surface area contributed by atoms with E-state index in [4.69, 9.17) is 4.74 Å². The zero-order valence-corrected chi connectivity index (χ0v) is 21.8. The minimum atomic E-state index is -0.265. The number of thioether (sulfide) groups is 1. The molecule has 1 aliphatic carbocycles. The van der Waals surface area contributed by atoms with E-state index in [2.05, 4.69) is 93.0 Å². The van der Waals surface area contributed by atoms with Crippen molar-refractivity contribution in [3.8, 4) is 0 Å². The van der Waals surface area contributed by atoms with Gasteiger partial charge in [-0.15, -0.1) is 0 Å². The summed E-state index contributed by atoms with van der Waals surface area (Å²) in [7, 11) is 1.46. The van der Waals surface area contributed by atoms with Gasteiger partial charge in [0.15, 0.2) is 0 Å². The lowest BCUT2D eigenvalue weighted by molar-refractivity contribution is -0.136. The number of hydrogen-bond acceptors (Lipinski definition) is 3. The van der Waals surface area contributed by atoms with E-state index in [1.165, 1.54) is 28.5 Å². The van der Waals surface area contributed by atoms with Gasteiger partial charge in [0.05, 0.1) is 7.11 Å². The van der Waals surface area contributed by atoms with Crippen LogP contribution in [-0.4, -0.2) is 18.1 Å². The first-order valence-corrected chi connectivity index (χ1v) is 12.9. The van der Waals surface area contributed by atoms with Crippen LogP contribution in [0.25, 0.3) is 17.0 Å². The average Bonchev–Trinajstić information content (AvgIpc) is 3.33. The van der Waals surface area contributed by atoms with E-state index in [0.717, 1.165) is 38.4 Å². The topological polar surface area (TPSA) is 42.1 Å². The molecule has 1 N–H and O–H groups in total. The van der Waals surface area contributed by atoms with E-state index in [9.17, 15) is 4.79 Å². The summed E-state index contributed by atoms with van der Waals surface area (Å²) in [6.45, 7) is 13.1. The zero-order valence-electron chi connectivity index (χ0n) is 20.9. The van der Waals surface area contributed by atoms with Crippen LogP contribution >= 0.6 is 11.8 Å². The van der Waals surface area contributed by atoms with Crippen LogP contribution in [0.1, 0.15) is 55.0 Å². The summed E-state index contributed by atoms with van der Waals surface area (Å²) in [6, 6.07) is 17.1. The predicted octanol–water partition coefficient (Wildman–Crippen LogP) is 8.03. The number of aromatic nitrogens is 1. The van der Waals surface area contributed by atoms with Gasteiger partial charge in [-0.05, 0) is 65.2 Å². The largest absolute Gasteiger partial charge is 0.466 e. The number of ether oxygens (including phenoxy) is 1. The number of para-hydroxylation sites is 1. The molecule has 35 heavy (non-hydrogen) atoms. The molecule has 2 aromatic carbocycles. The molecule has 3 aromatic rings. The van der Waals surface area contributed by atoms with Crippen molar-refractivity contribution in [1.29, 1.82) is 0 Å². The number of hydrogen-bond donors (Lipinski definition) is 1. The van der Waals surface area contributed by atoms with Gasteiger partial charge in [0, 0.05) is 44.5 Å². The molecular formula is C31H31NO2S. The highest BCUT2D eigenvalue weighted by molar-refractivity contribution is 8.07. The second kappa shape index (κ2) is 9.09. The first kappa shape index (κ1) is 23.5. The molecule has 1 aliphatic heterocycles. The van der Waals surface area contributed by atoms with E-state index >= 15 is 0 Å². The molecule has 1 saturated heterocycles. The zero-order chi connectivity index (χ0) is 24.9. The lowest BCUT2D eigenvalue weighted by Crippen LogP contribution is -2.25. The smallest absolute Gasteiger partial charge is 0.334 e. The van der Waals surface area contributed by atoms with Crippen LogP contribution in [0.4, 0.5) is 0 Å². The van der Waals surface area contributed by atoms with Gasteiger partial charge in [-0.1, -0.05) is 74.7 Å². The van der Waals surface area contributed by atoms with Crippen LogP contribution in [0, 0.1) is 12.8 Å². The van der Waals surface area contributed by atoms with Crippen molar-refractivity contribution in [2.75, 3.05) is 7.11 Å². The molecule has 0 saturated carbocycles. The fourth-order valence-corrected chi connectivity index (χ4v) is 6.68. The maximum absolute atomic E-state index is 13.0. The molecule has 1 aromatic heterocycles. The van der Waals surface area contributed by atoms with Crippen molar-refractivity contribution in [2.45, 2.75) is 39.5 Å². The highest BCUT2D eigenvalue weighted by Crippen LogP contribution is 2.58. The molecule has 178 valence electrons. The molecule has 4 heteroatoms. The molecule has 0 bridgehead atoms. The Morgan fingerprint density at radius 2 is 1.80 bits per heavy atom. The molecule has 2 heterocycles. The molecule has 2 aliphatic rings. The third-order valence-corrected chi connectivity index (χ3v) is 8.45. The number of fused-ring (bicyclic) bond motifs is 2. The van der Waals surface area contributed by atoms with E-state index < -0.39 is 0 Å². The predicted molar refractivity (Wildman–Crippen MR) is 147 cm³/mol. The van der Waals surface area contributed by atoms with Crippen LogP contribution in [0.5, 0.6) is 0 Å². The van der Waals surface area contributed by atoms with E-state index in [-0.39, 0.29) is 17.8 Å². The Morgan fingerprint density at radius 3 is 2.49 bits per heavy atom. The first-order chi connectivity index (χ1) is 16.8. The normalized spacial score (nSPS) is 21.1. The third kappa shape index (κ3) is 4.00. The molecule has 3 nitrogen and oxygen atoms in total. The highest BCUT2D eigenvalue weighted by Gasteiger charge is 2.43. The second-order valence-corrected chi connectivity index (χ2v) is 10.9. The van der Waals surface area contributed by atoms with Crippen LogP contribution in [0.15, 0.2) is 87.7 Å². The van der Waals surface area contributed by atoms with Crippen LogP contribution in [0.2, 0.25) is 0 Å². The second-order valence-electron chi connectivity index (χ2n) is 9.76. The number of allylic oxidation sites excluding steroid dienone is 4. The van der Waals surface area contributed by atoms with Gasteiger partial charge in [0.1, 0.15) is 0 Å². The van der Waals surface area contributed by atoms with Gasteiger partial charge in [-0.3, -0.25) is 0 Å². The number of aromatic amines is 1. The van der Waals surface area contributed by atoms with E-state index in [1.807, 2.05) is 6.92 Å². The molecule has 0 amide bonds. The summed E-state index contributed by atoms with van der Waals surface area (Å²) in [5.41, 5.74) is 8.62. The maximum Gasteiger partial charge on any atom is 0.334 e. The van der Waals surface area contributed by atoms with Gasteiger partial charge in [-0.2, -0.15) is 0 Å². The average molecular weight is 482 g/mol. The number of H-pyrrole nitrogens is 1. The summed E-state index contributed by atoms with van der Waals surface area (Å²) in [6.07, 6.45) is 4.40. The summed E-state index contributed by atoms with van der Waals surface area (Å²) in [5, 5.41) is 1.21. The SMILES string of the molecule is C=C1C(=Cc2c(C)[nH]c3ccccc23)SC2=CC(C)=C(C(=O)OC)C(c3ccc(C(C)C)cc3)C12. The minimum absolute atomic E-state index is 0.0134. The maximum atomic E-state index is 13.0. The van der Waals surface area contributed by atoms with Crippen molar-refractivity contribution in [3.63, 3.8) is 0 Å². The number of nitrogens with one attached hydrogen (secondary N) is 1. The third-order valence-electron chi connectivity index (χ3n) is 7.24. The lowest BCUT2D eigenvalue weighted by atomic mass is 9.72. The number of methoxy groups -OCH3 is 1. The number of aryl methyl sites for hydroxylation is 1. The standard InChI is InChI=1S/C31H31NO2S/c1-17(2)21-11-13-22(14-12-21)30-28(31(33)34-6)18(3)15-27-29(30)19(4)26(35-27)16-24-20(5)32-25-10-8-7-9-23(24)25/h7-17,29-30,32H,4H2,1-3,5-6H3. The van der Waals surface area contributed by atoms with E-state index in [1.54, 1.807) is 11.8 Å². The van der Waals surface area contributed by atoms with Crippen LogP contribution in [-0.2, 0) is 9.53 Å². The Bertz CT molecular complexity index is 1430. The summed E-state index contributed by atoms with van der Waals surface area (Å²) in [5.74, 6) is 0.0747. The van der Waals surface area contributed by atoms with Crippen molar-refractivity contribution in [3.05, 3.63) is 110 Å². The van der Waals surface area contributed by atoms with Crippen molar-refractivity contribution in [2.24, 2.45) is 5.92 Å². The quantitative estimate of drug-likeness (QED) is 0.384. The van der Waals surface area contributed by atoms with Crippen molar-refractivity contribution in [1.82, 2.24) is 4.98 Å². The first-order valence-electron chi connectivity index (χ1n) is 12.1. The Kier molecular flexibility index (Phi) is 6.10. The molecular weight excluding hydrogens is 450 g/mol. The van der Waals surface area contributed by atoms with Crippen LogP contribution in [0.3, 0.4) is 0 Å². The Morgan fingerprint density at radius 1 is 1.09 bits per heavy atom. The van der Waals surface area contributed by atoms with E-state index in [0.29, 0.717) is 5.92 Å². The molecule has 2 atom stereocenters. The molecule has 1 fully saturated rings. The molecule has 0 spiro atoms. The number of carbonyl (C=O) groups excluding carboxylic acids is 1. The van der Waals surface area contributed by atoms with Gasteiger partial charge < -0.3 is 9.72 Å². The highest BCUT2D eigenvalue weighted by atomic mass is 32.2. The van der Waals surface area contributed by atoms with Gasteiger partial charge >= 0.3 is 5.97 Å². The van der Waals surface area contributed by atoms with Crippen molar-refractivity contribution < 1.29 is 9.53 Å². The summed E-state index contributed by atoms with van der Waals surface area (Å²) >= 11 is 1.77. The number of carbonyl (C=O) groups is 1. The van der Waals surface area contributed by atoms with Crippen LogP contribution < -0.4 is 0 Å². The van der Waals surface area contributed by atoms with Gasteiger partial charge in [-0.25, -0.2) is 4.79 Å². The fourth-order valence-electron chi connectivity index (χ4n) is 5.35. The minimum Gasteiger partial charge on any atom is -0.466 e. The van der Waals surface area contributed by atoms with Gasteiger partial charge in [0.2, 0.25) is 0 Å². The monoisotopic (exact) mass is 481 g/mol. The number of benzene rings is 2. The van der Waals surface area contributed by atoms with Gasteiger partial charge in [0.25, 0.3) is 0 Å².